The average Bonchev–Trinajstić information content (AvgIpc) is 1.52. The van der Waals surface area contributed by atoms with Crippen LogP contribution in [-0.4, -0.2) is 377 Å². The first-order valence-electron chi connectivity index (χ1n) is 48.5. The largest absolute Gasteiger partial charge is 0.458 e. The van der Waals surface area contributed by atoms with Gasteiger partial charge in [-0.05, 0) is 83.2 Å². The number of pyridine rings is 2. The molecule has 2 aromatic heterocycles. The maximum atomic E-state index is 15.6. The Hall–Kier alpha value is -10.6. The van der Waals surface area contributed by atoms with Gasteiger partial charge in [0.1, 0.15) is 44.5 Å². The fourth-order valence-electron chi connectivity index (χ4n) is 16.2. The minimum atomic E-state index is -2.09. The van der Waals surface area contributed by atoms with Crippen molar-refractivity contribution in [1.82, 2.24) is 51.7 Å². The summed E-state index contributed by atoms with van der Waals surface area (Å²) in [5.74, 6) is -6.70. The molecule has 143 heavy (non-hydrogen) atoms. The van der Waals surface area contributed by atoms with Gasteiger partial charge in [-0.15, -0.1) is 0 Å². The van der Waals surface area contributed by atoms with Crippen molar-refractivity contribution in [2.24, 2.45) is 0 Å². The molecule has 788 valence electrons. The molecule has 0 radical (unpaired) electrons. The van der Waals surface area contributed by atoms with Crippen LogP contribution in [0.2, 0.25) is 0 Å². The number of amides is 8. The lowest BCUT2D eigenvalue weighted by atomic mass is 9.81. The van der Waals surface area contributed by atoms with E-state index in [2.05, 4.69) is 37.2 Å². The minimum Gasteiger partial charge on any atom is -0.458 e. The molecule has 8 amide bonds. The molecule has 0 saturated heterocycles. The molecule has 6 aromatic rings. The molecule has 2 aliphatic heterocycles. The molecule has 43 heteroatoms. The van der Waals surface area contributed by atoms with E-state index in [0.717, 1.165) is 22.3 Å². The number of aryl methyl sites for hydroxylation is 1. The van der Waals surface area contributed by atoms with E-state index in [1.54, 1.807) is 64.5 Å². The molecule has 10 rings (SSSR count). The predicted molar refractivity (Wildman–Crippen MR) is 513 cm³/mol. The molecule has 4 aromatic carbocycles. The van der Waals surface area contributed by atoms with Crippen molar-refractivity contribution < 1.29 is 152 Å². The Morgan fingerprint density at radius 1 is 0.517 bits per heavy atom. The number of alkyl carbamates (subject to hydrolysis) is 1. The summed E-state index contributed by atoms with van der Waals surface area (Å²) in [6.07, 6.45) is -1.03. The quantitative estimate of drug-likeness (QED) is 0.0154. The van der Waals surface area contributed by atoms with Crippen LogP contribution in [-0.2, 0) is 169 Å². The molecule has 0 fully saturated rings. The number of halogens is 1. The number of esters is 1. The van der Waals surface area contributed by atoms with E-state index in [1.165, 1.54) is 15.5 Å². The molecule has 4 aliphatic rings. The normalized spacial score (nSPS) is 14.7. The van der Waals surface area contributed by atoms with Gasteiger partial charge < -0.3 is 151 Å². The zero-order valence-electron chi connectivity index (χ0n) is 82.1. The van der Waals surface area contributed by atoms with Crippen LogP contribution >= 0.6 is 0 Å². The van der Waals surface area contributed by atoms with Gasteiger partial charge in [0.2, 0.25) is 41.4 Å². The third-order valence-corrected chi connectivity index (χ3v) is 23.6. The van der Waals surface area contributed by atoms with Gasteiger partial charge in [0, 0.05) is 68.6 Å². The van der Waals surface area contributed by atoms with Gasteiger partial charge in [0.15, 0.2) is 5.60 Å². The Balaban J connectivity index is 0.666. The van der Waals surface area contributed by atoms with Crippen molar-refractivity contribution >= 4 is 64.3 Å². The van der Waals surface area contributed by atoms with E-state index < -0.39 is 128 Å². The lowest BCUT2D eigenvalue weighted by molar-refractivity contribution is -0.172. The van der Waals surface area contributed by atoms with Crippen molar-refractivity contribution in [3.63, 3.8) is 0 Å². The zero-order valence-corrected chi connectivity index (χ0v) is 82.1. The van der Waals surface area contributed by atoms with E-state index in [-0.39, 0.29) is 128 Å². The topological polar surface area (TPSA) is 490 Å². The number of rotatable bonds is 77. The van der Waals surface area contributed by atoms with Crippen LogP contribution in [0.1, 0.15) is 94.6 Å². The Bertz CT molecular complexity index is 4900. The van der Waals surface area contributed by atoms with Crippen molar-refractivity contribution in [3.8, 4) is 22.5 Å². The van der Waals surface area contributed by atoms with E-state index in [9.17, 15) is 53.1 Å². The first kappa shape index (κ1) is 114. The number of carbonyl (C=O) groups is 9. The number of methoxy groups -OCH3 is 2. The smallest absolute Gasteiger partial charge is 0.407 e. The lowest BCUT2D eigenvalue weighted by Crippen LogP contribution is -2.52. The number of nitrogens with one attached hydrogen (secondary N) is 7. The number of aliphatic hydroxyl groups is 1. The van der Waals surface area contributed by atoms with Crippen LogP contribution in [0.25, 0.3) is 33.4 Å². The highest BCUT2D eigenvalue weighted by Crippen LogP contribution is 2.47. The van der Waals surface area contributed by atoms with Crippen molar-refractivity contribution in [1.29, 1.82) is 0 Å². The number of benzene rings is 4. The molecule has 42 nitrogen and oxygen atoms in total. The first-order chi connectivity index (χ1) is 69.8. The van der Waals surface area contributed by atoms with Gasteiger partial charge in [-0.1, -0.05) is 85.8 Å². The molecule has 8 N–H and O–H groups in total. The summed E-state index contributed by atoms with van der Waals surface area (Å²) in [5.41, 5.74) is 5.43. The molecule has 4 heterocycles. The second-order valence-electron chi connectivity index (χ2n) is 33.3. The van der Waals surface area contributed by atoms with E-state index in [4.69, 9.17) is 104 Å². The lowest BCUT2D eigenvalue weighted by Gasteiger charge is -2.31. The van der Waals surface area contributed by atoms with Crippen LogP contribution in [0.5, 0.6) is 0 Å². The number of fused-ring (bicyclic) bond motifs is 8. The summed E-state index contributed by atoms with van der Waals surface area (Å²) in [4.78, 5) is 144. The van der Waals surface area contributed by atoms with Gasteiger partial charge in [-0.3, -0.25) is 38.4 Å². The highest BCUT2D eigenvalue weighted by atomic mass is 19.1. The number of carbonyl (C=O) groups excluding carboxylic acids is 9. The van der Waals surface area contributed by atoms with E-state index in [0.29, 0.717) is 229 Å². The predicted octanol–water partition coefficient (Wildman–Crippen LogP) is 2.87. The Labute approximate surface area is 830 Å². The molecule has 0 unspecified atom stereocenters. The maximum absolute atomic E-state index is 15.6. The van der Waals surface area contributed by atoms with Gasteiger partial charge >= 0.3 is 12.1 Å². The second kappa shape index (κ2) is 65.0. The summed E-state index contributed by atoms with van der Waals surface area (Å²) < 4.78 is 133. The second-order valence-corrected chi connectivity index (χ2v) is 33.3. The molecular weight excluding hydrogens is 1870 g/mol. The van der Waals surface area contributed by atoms with Crippen LogP contribution in [0, 0.1) is 12.7 Å². The zero-order chi connectivity index (χ0) is 101. The summed E-state index contributed by atoms with van der Waals surface area (Å²) in [6.45, 7) is 12.3. The van der Waals surface area contributed by atoms with Crippen LogP contribution in [0.15, 0.2) is 95.8 Å². The maximum Gasteiger partial charge on any atom is 0.407 e. The summed E-state index contributed by atoms with van der Waals surface area (Å²) in [6, 6.07) is 23.8. The molecular formula is C100H139FN10O32. The number of hydrogen-bond donors (Lipinski definition) is 8. The van der Waals surface area contributed by atoms with Gasteiger partial charge in [-0.2, -0.15) is 0 Å². The number of cyclic esters (lactones) is 1. The standard InChI is InChI=1S/C100H139FN10O32/c1-5-100(122)80-60-86-94-77(65-111(86)96(118)79(80)67-142-98(100)120)93-82(20-19-72-70(2)81(101)61-84(108-94)92(72)93)106-91(116)68-141-69-105-89(114)63-104-95(117)85(59-71-13-7-6-8-14-71)107-90(115)64-103-88(113)62-102-87(112)22-21-83(109-99(121)143-66-78-75-17-11-9-15-73(75)74-16-10-12-18-76(74)78)97(119)110(23-25-125-31-33-129-39-41-133-47-49-137-55-57-139-53-51-135-45-43-131-37-35-127-29-27-123-3)24-26-126-32-34-130-40-42-134-48-50-138-56-58-140-54-52-136-46-44-132-38-36-128-30-28-124-4/h6-18,60-61,78,82-83,85,122H,5,19-59,62-69H2,1-4H3,(H,102,112)(H,103,113)(H,104,117)(H,105,114)(H,106,116)(H,107,115)(H,109,121)/t82-,83-,85-,100-/m0/s1. The van der Waals surface area contributed by atoms with Crippen molar-refractivity contribution in [2.75, 3.05) is 292 Å². The van der Waals surface area contributed by atoms with E-state index >= 15 is 4.39 Å². The average molecular weight is 2010 g/mol. The summed E-state index contributed by atoms with van der Waals surface area (Å²) in [5, 5.41) is 30.4. The highest BCUT2D eigenvalue weighted by molar-refractivity contribution is 5.96. The van der Waals surface area contributed by atoms with Crippen molar-refractivity contribution in [2.45, 2.75) is 95.2 Å². The molecule has 2 aliphatic carbocycles. The van der Waals surface area contributed by atoms with Crippen LogP contribution in [0.4, 0.5) is 9.18 Å². The van der Waals surface area contributed by atoms with Crippen LogP contribution < -0.4 is 42.8 Å². The molecule has 0 spiro atoms. The Morgan fingerprint density at radius 2 is 0.972 bits per heavy atom. The minimum absolute atomic E-state index is 0.00684. The fraction of sp³-hybridized carbons (Fsp3) is 0.590. The Kier molecular flexibility index (Phi) is 52.0. The highest BCUT2D eigenvalue weighted by Gasteiger charge is 2.46. The SMILES string of the molecule is CC[C@@]1(O)C(=O)OCc2c1cc1n(c2=O)Cc2c-1nc1cc(F)c(C)c3c1c2[C@@H](NC(=O)COCNC(=O)CNC(=O)[C@H](Cc1ccccc1)NC(=O)CNC(=O)CNC(=O)CC[C@H](NC(=O)OCC1c2ccccc2-c2ccccc21)C(=O)N(CCOCCOCCOCCOCCOCCOCCOCCOCCOC)CCOCCOCCOCCOCCOCCOCCOCCOCCOC)CC3. The van der Waals surface area contributed by atoms with Gasteiger partial charge in [0.25, 0.3) is 5.56 Å². The van der Waals surface area contributed by atoms with Gasteiger partial charge in [-0.25, -0.2) is 19.0 Å². The number of nitrogens with zero attached hydrogens (tertiary/aromatic N) is 3. The van der Waals surface area contributed by atoms with Crippen LogP contribution in [0.3, 0.4) is 0 Å². The first-order valence-corrected chi connectivity index (χ1v) is 48.5. The fourth-order valence-corrected chi connectivity index (χ4v) is 16.2. The molecule has 4 atom stereocenters. The summed E-state index contributed by atoms with van der Waals surface area (Å²) in [7, 11) is 3.24. The third kappa shape index (κ3) is 38.1. The third-order valence-electron chi connectivity index (χ3n) is 23.6. The molecule has 0 bridgehead atoms. The number of ether oxygens (including phenoxy) is 21. The summed E-state index contributed by atoms with van der Waals surface area (Å²) >= 11 is 0. The van der Waals surface area contributed by atoms with E-state index in [1.807, 2.05) is 48.5 Å². The number of hydrogen-bond acceptors (Lipinski definition) is 33. The van der Waals surface area contributed by atoms with Crippen molar-refractivity contribution in [3.05, 3.63) is 157 Å². The Morgan fingerprint density at radius 3 is 1.47 bits per heavy atom. The molecule has 0 saturated carbocycles. The van der Waals surface area contributed by atoms with Gasteiger partial charge in [0.05, 0.1) is 279 Å². The number of aromatic nitrogens is 2. The monoisotopic (exact) mass is 2010 g/mol.